The average Bonchev–Trinajstić information content (AvgIpc) is 3.56. The van der Waals surface area contributed by atoms with Gasteiger partial charge in [0.2, 0.25) is 11.8 Å². The van der Waals surface area contributed by atoms with E-state index in [0.717, 1.165) is 12.8 Å². The number of carbonyl (C=O) groups is 5. The van der Waals surface area contributed by atoms with Gasteiger partial charge in [0.1, 0.15) is 0 Å². The Kier molecular flexibility index (Phi) is 6.84. The number of nitrogens with zero attached hydrogens (tertiary/aromatic N) is 1. The molecule has 38 heavy (non-hydrogen) atoms. The number of amides is 3. The van der Waals surface area contributed by atoms with Gasteiger partial charge in [-0.15, -0.1) is 0 Å². The number of carbonyl (C=O) groups excluding carboxylic acids is 5. The molecule has 1 N–H and O–H groups in total. The van der Waals surface area contributed by atoms with Crippen LogP contribution in [0.3, 0.4) is 0 Å². The molecule has 3 amide bonds. The van der Waals surface area contributed by atoms with E-state index in [4.69, 9.17) is 9.47 Å². The summed E-state index contributed by atoms with van der Waals surface area (Å²) in [6.45, 7) is 3.74. The molecule has 9 heteroatoms. The fourth-order valence-electron chi connectivity index (χ4n) is 5.65. The van der Waals surface area contributed by atoms with Gasteiger partial charge in [-0.25, -0.2) is 9.59 Å². The van der Waals surface area contributed by atoms with Crippen molar-refractivity contribution in [3.63, 3.8) is 0 Å². The van der Waals surface area contributed by atoms with Crippen molar-refractivity contribution in [2.75, 3.05) is 23.4 Å². The first kappa shape index (κ1) is 25.4. The van der Waals surface area contributed by atoms with E-state index in [1.165, 1.54) is 34.7 Å². The van der Waals surface area contributed by atoms with Crippen LogP contribution >= 0.6 is 0 Å². The highest BCUT2D eigenvalue weighted by Gasteiger charge is 2.60. The average molecular weight is 517 g/mol. The third-order valence-corrected chi connectivity index (χ3v) is 7.42. The number of nitrogens with one attached hydrogen (secondary N) is 1. The summed E-state index contributed by atoms with van der Waals surface area (Å²) >= 11 is 0. The Hall–Kier alpha value is -4.27. The highest BCUT2D eigenvalue weighted by Crippen LogP contribution is 2.55. The van der Waals surface area contributed by atoms with Crippen LogP contribution in [0.2, 0.25) is 0 Å². The monoisotopic (exact) mass is 516 g/mol. The maximum atomic E-state index is 13.1. The topological polar surface area (TPSA) is 119 Å². The lowest BCUT2D eigenvalue weighted by atomic mass is 9.82. The SMILES string of the molecule is CCCOC(=O)c1ccc(NC(=O)COC(=O)c2ccc(N3C(=O)[C@@H]4[C@H](C3=O)[C@H]3C=C(C)[C@H]4C3)cc2)cc1. The van der Waals surface area contributed by atoms with E-state index >= 15 is 0 Å². The number of fused-ring (bicyclic) bond motifs is 5. The van der Waals surface area contributed by atoms with Crippen molar-refractivity contribution in [3.05, 3.63) is 71.3 Å². The predicted octanol–water partition coefficient (Wildman–Crippen LogP) is 3.75. The van der Waals surface area contributed by atoms with Crippen molar-refractivity contribution in [1.82, 2.24) is 0 Å². The quantitative estimate of drug-likeness (QED) is 0.322. The van der Waals surface area contributed by atoms with E-state index in [1.54, 1.807) is 24.3 Å². The summed E-state index contributed by atoms with van der Waals surface area (Å²) in [6, 6.07) is 12.2. The Morgan fingerprint density at radius 1 is 0.895 bits per heavy atom. The maximum Gasteiger partial charge on any atom is 0.338 e. The number of hydrogen-bond donors (Lipinski definition) is 1. The first-order chi connectivity index (χ1) is 18.3. The minimum absolute atomic E-state index is 0.118. The highest BCUT2D eigenvalue weighted by atomic mass is 16.5. The number of ether oxygens (including phenoxy) is 2. The maximum absolute atomic E-state index is 13.1. The lowest BCUT2D eigenvalue weighted by molar-refractivity contribution is -0.123. The Balaban J connectivity index is 1.14. The molecule has 9 nitrogen and oxygen atoms in total. The first-order valence-corrected chi connectivity index (χ1v) is 12.7. The lowest BCUT2D eigenvalue weighted by Gasteiger charge is -2.19. The number of esters is 2. The number of imide groups is 1. The predicted molar refractivity (Wildman–Crippen MR) is 137 cm³/mol. The molecular weight excluding hydrogens is 488 g/mol. The van der Waals surface area contributed by atoms with Gasteiger partial charge < -0.3 is 14.8 Å². The second-order valence-electron chi connectivity index (χ2n) is 9.86. The smallest absolute Gasteiger partial charge is 0.338 e. The van der Waals surface area contributed by atoms with Crippen molar-refractivity contribution in [1.29, 1.82) is 0 Å². The molecule has 1 saturated carbocycles. The zero-order valence-electron chi connectivity index (χ0n) is 21.1. The highest BCUT2D eigenvalue weighted by molar-refractivity contribution is 6.23. The van der Waals surface area contributed by atoms with Gasteiger partial charge in [-0.1, -0.05) is 18.6 Å². The zero-order valence-corrected chi connectivity index (χ0v) is 21.1. The minimum Gasteiger partial charge on any atom is -0.462 e. The van der Waals surface area contributed by atoms with Gasteiger partial charge in [0.05, 0.1) is 35.3 Å². The Bertz CT molecular complexity index is 1330. The molecule has 1 heterocycles. The van der Waals surface area contributed by atoms with Crippen LogP contribution in [0.15, 0.2) is 60.2 Å². The molecule has 2 aromatic rings. The van der Waals surface area contributed by atoms with Crippen LogP contribution in [-0.2, 0) is 23.9 Å². The fraction of sp³-hybridized carbons (Fsp3) is 0.345. The zero-order chi connectivity index (χ0) is 27.0. The van der Waals surface area contributed by atoms with Crippen molar-refractivity contribution >= 4 is 41.0 Å². The standard InChI is InChI=1S/C29H28N2O7/c1-3-12-37-28(35)17-4-8-20(9-5-17)30-23(32)15-38-29(36)18-6-10-21(11-7-18)31-26(33)24-19-13-16(2)22(14-19)25(24)27(31)34/h4-11,13,19,22,24-25H,3,12,14-15H2,1-2H3,(H,30,32)/t19-,22+,24+,25-/m0/s1. The molecule has 0 aromatic heterocycles. The van der Waals surface area contributed by atoms with Gasteiger partial charge in [0.25, 0.3) is 5.91 Å². The van der Waals surface area contributed by atoms with Crippen LogP contribution < -0.4 is 10.2 Å². The van der Waals surface area contributed by atoms with Crippen LogP contribution in [-0.4, -0.2) is 42.9 Å². The molecule has 2 aromatic carbocycles. The van der Waals surface area contributed by atoms with E-state index in [0.29, 0.717) is 23.5 Å². The molecule has 3 aliphatic rings. The van der Waals surface area contributed by atoms with Crippen molar-refractivity contribution < 1.29 is 33.4 Å². The van der Waals surface area contributed by atoms with E-state index in [9.17, 15) is 24.0 Å². The van der Waals surface area contributed by atoms with Crippen LogP contribution in [0.4, 0.5) is 11.4 Å². The second-order valence-corrected chi connectivity index (χ2v) is 9.86. The summed E-state index contributed by atoms with van der Waals surface area (Å²) in [4.78, 5) is 63.9. The van der Waals surface area contributed by atoms with E-state index in [2.05, 4.69) is 11.4 Å². The Labute approximate surface area is 219 Å². The molecule has 1 aliphatic heterocycles. The summed E-state index contributed by atoms with van der Waals surface area (Å²) in [5.74, 6) is -2.42. The largest absolute Gasteiger partial charge is 0.462 e. The molecule has 0 spiro atoms. The molecule has 4 atom stereocenters. The number of allylic oxidation sites excluding steroid dienone is 2. The van der Waals surface area contributed by atoms with E-state index < -0.39 is 24.5 Å². The Morgan fingerprint density at radius 2 is 1.50 bits per heavy atom. The molecule has 5 rings (SSSR count). The van der Waals surface area contributed by atoms with Crippen molar-refractivity contribution in [3.8, 4) is 0 Å². The summed E-state index contributed by atoms with van der Waals surface area (Å²) in [6.07, 6.45) is 3.71. The first-order valence-electron chi connectivity index (χ1n) is 12.7. The van der Waals surface area contributed by atoms with Gasteiger partial charge in [-0.3, -0.25) is 19.3 Å². The second kappa shape index (κ2) is 10.2. The third-order valence-electron chi connectivity index (χ3n) is 7.42. The molecule has 1 saturated heterocycles. The molecule has 2 fully saturated rings. The Morgan fingerprint density at radius 3 is 2.16 bits per heavy atom. The van der Waals surface area contributed by atoms with Crippen LogP contribution in [0.25, 0.3) is 0 Å². The van der Waals surface area contributed by atoms with Gasteiger partial charge >= 0.3 is 11.9 Å². The summed E-state index contributed by atoms with van der Waals surface area (Å²) < 4.78 is 10.2. The third kappa shape index (κ3) is 4.60. The summed E-state index contributed by atoms with van der Waals surface area (Å²) in [5, 5.41) is 2.59. The number of hydrogen-bond acceptors (Lipinski definition) is 7. The molecule has 0 unspecified atom stereocenters. The lowest BCUT2D eigenvalue weighted by Crippen LogP contribution is -2.33. The van der Waals surface area contributed by atoms with Crippen molar-refractivity contribution in [2.45, 2.75) is 26.7 Å². The molecular formula is C29H28N2O7. The van der Waals surface area contributed by atoms with Crippen molar-refractivity contribution in [2.24, 2.45) is 23.7 Å². The number of benzene rings is 2. The van der Waals surface area contributed by atoms with E-state index in [1.807, 2.05) is 13.8 Å². The molecule has 2 bridgehead atoms. The van der Waals surface area contributed by atoms with Gasteiger partial charge in [-0.2, -0.15) is 0 Å². The van der Waals surface area contributed by atoms with Gasteiger partial charge in [0.15, 0.2) is 6.61 Å². The normalized spacial score (nSPS) is 23.2. The molecule has 0 radical (unpaired) electrons. The van der Waals surface area contributed by atoms with Crippen LogP contribution in [0, 0.1) is 23.7 Å². The van der Waals surface area contributed by atoms with Crippen LogP contribution in [0.5, 0.6) is 0 Å². The number of rotatable bonds is 8. The molecule has 2 aliphatic carbocycles. The van der Waals surface area contributed by atoms with Gasteiger partial charge in [-0.05, 0) is 80.1 Å². The minimum atomic E-state index is -0.713. The number of anilines is 2. The fourth-order valence-corrected chi connectivity index (χ4v) is 5.65. The van der Waals surface area contributed by atoms with E-state index in [-0.39, 0.29) is 41.0 Å². The van der Waals surface area contributed by atoms with Crippen LogP contribution in [0.1, 0.15) is 47.4 Å². The summed E-state index contributed by atoms with van der Waals surface area (Å²) in [7, 11) is 0. The summed E-state index contributed by atoms with van der Waals surface area (Å²) in [5.41, 5.74) is 2.60. The van der Waals surface area contributed by atoms with Gasteiger partial charge in [0, 0.05) is 5.69 Å². The molecule has 196 valence electrons.